The number of hydrogen-bond acceptors (Lipinski definition) is 4. The third-order valence-corrected chi connectivity index (χ3v) is 11.7. The molecule has 0 saturated carbocycles. The first-order valence-electron chi connectivity index (χ1n) is 17.9. The third kappa shape index (κ3) is 4.84. The lowest BCUT2D eigenvalue weighted by Gasteiger charge is -2.15. The minimum atomic E-state index is 0.653. The average molecular weight is 692 g/mol. The molecule has 4 heteroatoms. The molecule has 0 spiro atoms. The Labute approximate surface area is 309 Å². The predicted octanol–water partition coefficient (Wildman–Crippen LogP) is 13.5. The molecule has 11 rings (SSSR count). The number of fused-ring (bicyclic) bond motifs is 9. The Kier molecular flexibility index (Phi) is 6.73. The molecule has 0 atom stereocenters. The van der Waals surface area contributed by atoms with Gasteiger partial charge in [-0.25, -0.2) is 15.0 Å². The van der Waals surface area contributed by atoms with Crippen molar-refractivity contribution in [1.29, 1.82) is 0 Å². The second-order valence-corrected chi connectivity index (χ2v) is 14.6. The highest BCUT2D eigenvalue weighted by atomic mass is 32.1. The Morgan fingerprint density at radius 1 is 0.321 bits per heavy atom. The molecule has 246 valence electrons. The van der Waals surface area contributed by atoms with Gasteiger partial charge in [0.15, 0.2) is 17.5 Å². The van der Waals surface area contributed by atoms with Crippen molar-refractivity contribution < 1.29 is 0 Å². The van der Waals surface area contributed by atoms with Gasteiger partial charge in [-0.15, -0.1) is 11.3 Å². The molecule has 0 unspecified atom stereocenters. The van der Waals surface area contributed by atoms with E-state index >= 15 is 0 Å². The van der Waals surface area contributed by atoms with Crippen LogP contribution in [-0.4, -0.2) is 15.0 Å². The summed E-state index contributed by atoms with van der Waals surface area (Å²) in [6.45, 7) is 0. The van der Waals surface area contributed by atoms with Crippen molar-refractivity contribution in [2.45, 2.75) is 0 Å². The van der Waals surface area contributed by atoms with Crippen LogP contribution in [-0.2, 0) is 0 Å². The van der Waals surface area contributed by atoms with Gasteiger partial charge in [-0.1, -0.05) is 152 Å². The summed E-state index contributed by atoms with van der Waals surface area (Å²) >= 11 is 1.89. The molecule has 0 saturated heterocycles. The van der Waals surface area contributed by atoms with E-state index in [4.69, 9.17) is 15.0 Å². The van der Waals surface area contributed by atoms with Gasteiger partial charge in [0, 0.05) is 42.2 Å². The van der Waals surface area contributed by atoms with Gasteiger partial charge < -0.3 is 0 Å². The van der Waals surface area contributed by atoms with E-state index in [1.165, 1.54) is 58.2 Å². The van der Waals surface area contributed by atoms with Crippen molar-refractivity contribution in [3.05, 3.63) is 176 Å². The van der Waals surface area contributed by atoms with Crippen molar-refractivity contribution in [1.82, 2.24) is 15.0 Å². The summed E-state index contributed by atoms with van der Waals surface area (Å²) < 4.78 is 2.62. The van der Waals surface area contributed by atoms with Crippen LogP contribution in [0.15, 0.2) is 176 Å². The molecule has 3 nitrogen and oxygen atoms in total. The van der Waals surface area contributed by atoms with E-state index in [-0.39, 0.29) is 0 Å². The van der Waals surface area contributed by atoms with E-state index in [0.29, 0.717) is 17.5 Å². The Morgan fingerprint density at radius 2 is 0.906 bits per heavy atom. The maximum Gasteiger partial charge on any atom is 0.164 e. The van der Waals surface area contributed by atoms with Gasteiger partial charge in [-0.2, -0.15) is 0 Å². The van der Waals surface area contributed by atoms with E-state index in [1.54, 1.807) is 0 Å². The molecule has 53 heavy (non-hydrogen) atoms. The number of aromatic nitrogens is 3. The molecule has 0 aliphatic rings. The smallest absolute Gasteiger partial charge is 0.164 e. The highest BCUT2D eigenvalue weighted by Gasteiger charge is 2.20. The second-order valence-electron chi connectivity index (χ2n) is 13.6. The normalized spacial score (nSPS) is 11.8. The van der Waals surface area contributed by atoms with E-state index in [1.807, 2.05) is 29.5 Å². The summed E-state index contributed by atoms with van der Waals surface area (Å²) in [7, 11) is 0. The van der Waals surface area contributed by atoms with E-state index in [0.717, 1.165) is 32.8 Å². The van der Waals surface area contributed by atoms with Crippen LogP contribution >= 0.6 is 11.3 Å². The maximum absolute atomic E-state index is 5.19. The molecule has 0 amide bonds. The minimum absolute atomic E-state index is 0.653. The molecule has 0 bridgehead atoms. The van der Waals surface area contributed by atoms with Crippen LogP contribution in [0.1, 0.15) is 0 Å². The van der Waals surface area contributed by atoms with Crippen molar-refractivity contribution >= 4 is 74.6 Å². The van der Waals surface area contributed by atoms with Crippen molar-refractivity contribution in [3.8, 4) is 45.3 Å². The van der Waals surface area contributed by atoms with Gasteiger partial charge in [-0.3, -0.25) is 0 Å². The molecule has 0 aliphatic heterocycles. The molecule has 11 aromatic rings. The van der Waals surface area contributed by atoms with Crippen LogP contribution in [0, 0.1) is 0 Å². The molecule has 0 fully saturated rings. The molecular formula is C49H29N3S. The summed E-state index contributed by atoms with van der Waals surface area (Å²) in [6, 6.07) is 62.7. The monoisotopic (exact) mass is 691 g/mol. The maximum atomic E-state index is 5.19. The van der Waals surface area contributed by atoms with Gasteiger partial charge in [0.2, 0.25) is 0 Å². The van der Waals surface area contributed by atoms with Crippen molar-refractivity contribution in [2.24, 2.45) is 0 Å². The van der Waals surface area contributed by atoms with Crippen LogP contribution in [0.3, 0.4) is 0 Å². The summed E-state index contributed by atoms with van der Waals surface area (Å²) in [6.07, 6.45) is 0. The van der Waals surface area contributed by atoms with Crippen LogP contribution in [0.2, 0.25) is 0 Å². The van der Waals surface area contributed by atoms with E-state index in [9.17, 15) is 0 Å². The van der Waals surface area contributed by atoms with Gasteiger partial charge in [0.05, 0.1) is 0 Å². The summed E-state index contributed by atoms with van der Waals surface area (Å²) in [5, 5.41) is 12.3. The van der Waals surface area contributed by atoms with E-state index < -0.39 is 0 Å². The van der Waals surface area contributed by atoms with Crippen LogP contribution < -0.4 is 0 Å². The average Bonchev–Trinajstić information content (AvgIpc) is 3.63. The first kappa shape index (κ1) is 29.9. The molecule has 2 heterocycles. The van der Waals surface area contributed by atoms with Crippen molar-refractivity contribution in [2.75, 3.05) is 0 Å². The number of thiophene rings is 1. The zero-order chi connectivity index (χ0) is 34.9. The fourth-order valence-electron chi connectivity index (χ4n) is 7.99. The van der Waals surface area contributed by atoms with Gasteiger partial charge in [-0.05, 0) is 73.1 Å². The number of rotatable bonds is 4. The standard InChI is InChI=1S/C49H29N3S/c1-2-14-32(15-3-1)47-50-48(35-25-22-30-12-4-5-16-33(30)28-35)52-49(51-47)40-27-26-39(37-18-8-9-19-38(37)40)42-29-34-24-23-31-13-6-7-17-36(31)44(34)46-45(42)41-20-10-11-21-43(41)53-46/h1-29H. The van der Waals surface area contributed by atoms with Crippen molar-refractivity contribution in [3.63, 3.8) is 0 Å². The predicted molar refractivity (Wildman–Crippen MR) is 224 cm³/mol. The Bertz CT molecular complexity index is 3240. The fraction of sp³-hybridized carbons (Fsp3) is 0. The zero-order valence-corrected chi connectivity index (χ0v) is 29.3. The quantitative estimate of drug-likeness (QED) is 0.172. The molecular weight excluding hydrogens is 663 g/mol. The number of nitrogens with zero attached hydrogens (tertiary/aromatic N) is 3. The second kappa shape index (κ2) is 11.9. The van der Waals surface area contributed by atoms with Gasteiger partial charge in [0.1, 0.15) is 0 Å². The lowest BCUT2D eigenvalue weighted by molar-refractivity contribution is 1.08. The van der Waals surface area contributed by atoms with E-state index in [2.05, 4.69) is 158 Å². The topological polar surface area (TPSA) is 38.7 Å². The lowest BCUT2D eigenvalue weighted by atomic mass is 9.89. The molecule has 2 aromatic heterocycles. The number of benzene rings is 9. The summed E-state index contributed by atoms with van der Waals surface area (Å²) in [5.74, 6) is 1.96. The Hall–Kier alpha value is -6.75. The summed E-state index contributed by atoms with van der Waals surface area (Å²) in [4.78, 5) is 15.4. The Balaban J connectivity index is 1.17. The minimum Gasteiger partial charge on any atom is -0.208 e. The van der Waals surface area contributed by atoms with Crippen LogP contribution in [0.5, 0.6) is 0 Å². The third-order valence-electron chi connectivity index (χ3n) is 10.5. The van der Waals surface area contributed by atoms with Gasteiger partial charge in [0.25, 0.3) is 0 Å². The fourth-order valence-corrected chi connectivity index (χ4v) is 9.29. The molecule has 9 aromatic carbocycles. The molecule has 0 N–H and O–H groups in total. The molecule has 0 radical (unpaired) electrons. The number of hydrogen-bond donors (Lipinski definition) is 0. The lowest BCUT2D eigenvalue weighted by Crippen LogP contribution is -2.01. The van der Waals surface area contributed by atoms with Crippen LogP contribution in [0.25, 0.3) is 109 Å². The SMILES string of the molecule is c1ccc(-c2nc(-c3ccc4ccccc4c3)nc(-c3ccc(-c4cc5ccc6ccccc6c5c5sc6ccccc6c45)c4ccccc34)n2)cc1. The molecule has 0 aliphatic carbocycles. The first-order chi connectivity index (χ1) is 26.3. The highest BCUT2D eigenvalue weighted by Crippen LogP contribution is 2.48. The first-order valence-corrected chi connectivity index (χ1v) is 18.7. The zero-order valence-electron chi connectivity index (χ0n) is 28.5. The Morgan fingerprint density at radius 3 is 1.74 bits per heavy atom. The summed E-state index contributed by atoms with van der Waals surface area (Å²) in [5.41, 5.74) is 5.32. The van der Waals surface area contributed by atoms with Gasteiger partial charge >= 0.3 is 0 Å². The highest BCUT2D eigenvalue weighted by molar-refractivity contribution is 7.27. The largest absolute Gasteiger partial charge is 0.208 e. The van der Waals surface area contributed by atoms with Crippen LogP contribution in [0.4, 0.5) is 0 Å².